The number of aliphatic hydroxyl groups excluding tert-OH is 6. The molecule has 0 spiro atoms. The van der Waals surface area contributed by atoms with E-state index in [2.05, 4.69) is 120 Å². The van der Waals surface area contributed by atoms with Crippen molar-refractivity contribution >= 4 is 35.0 Å². The second kappa shape index (κ2) is 32.3. The molecule has 0 saturated heterocycles. The molecule has 368 valence electrons. The predicted octanol–water partition coefficient (Wildman–Crippen LogP) is 9.33. The number of fused-ring (bicyclic) bond motifs is 1. The Morgan fingerprint density at radius 1 is 0.831 bits per heavy atom. The largest absolute Gasteiger partial charge is 0.394 e. The molecule has 0 saturated carbocycles. The summed E-state index contributed by atoms with van der Waals surface area (Å²) in [7, 11) is 4.01. The minimum Gasteiger partial charge on any atom is -0.394 e. The number of nitrogens with zero attached hydrogens (tertiary/aromatic N) is 1. The van der Waals surface area contributed by atoms with Crippen LogP contribution in [0.5, 0.6) is 0 Å². The van der Waals surface area contributed by atoms with E-state index in [0.717, 1.165) is 59.1 Å². The lowest BCUT2D eigenvalue weighted by atomic mass is 9.69. The van der Waals surface area contributed by atoms with Gasteiger partial charge in [-0.25, -0.2) is 0 Å². The van der Waals surface area contributed by atoms with Gasteiger partial charge >= 0.3 is 0 Å². The summed E-state index contributed by atoms with van der Waals surface area (Å²) >= 11 is 1.82. The number of aryl methyl sites for hydroxylation is 1. The van der Waals surface area contributed by atoms with Crippen molar-refractivity contribution in [2.24, 2.45) is 5.41 Å². The zero-order valence-corrected chi connectivity index (χ0v) is 42.5. The second-order valence-electron chi connectivity index (χ2n) is 17.6. The molecule has 0 fully saturated rings. The van der Waals surface area contributed by atoms with Crippen LogP contribution in [0.2, 0.25) is 0 Å². The number of carbonyl (C=O) groups excluding carboxylic acids is 2. The van der Waals surface area contributed by atoms with Crippen LogP contribution < -0.4 is 15.5 Å². The van der Waals surface area contributed by atoms with Crippen LogP contribution in [0.4, 0.5) is 11.4 Å². The van der Waals surface area contributed by atoms with Gasteiger partial charge in [0.25, 0.3) is 5.91 Å². The number of unbranched alkanes of at least 4 members (excludes halogenated alkanes) is 2. The van der Waals surface area contributed by atoms with Crippen LogP contribution in [0.1, 0.15) is 160 Å². The van der Waals surface area contributed by atoms with Crippen molar-refractivity contribution in [3.05, 3.63) is 89.0 Å². The van der Waals surface area contributed by atoms with Crippen LogP contribution in [0.15, 0.2) is 71.6 Å². The summed E-state index contributed by atoms with van der Waals surface area (Å²) in [5.74, 6) is 0.163. The van der Waals surface area contributed by atoms with Gasteiger partial charge in [-0.1, -0.05) is 123 Å². The highest BCUT2D eigenvalue weighted by Crippen LogP contribution is 2.51. The standard InChI is InChI=1S/C35H53N3O8S.C12H18.2C3H8/c1-5-7-16-35(6-2)21-47-27-15-14-24(38(3)4)19-25(27)29(33(35)45)22-11-10-12-23(18-22)37-28(41)13-8-9-17-36-34(46)32(44)31(43)30(42)26(40)20-39;1-4-11(5-2)12-8-6-7-10(3)9-12;2*1-3-2/h10-12,14-15,18-19,26,29-33,39-40,42-45H,5-9,13,16-17,20-21H2,1-4H3,(H,36,46)(H,37,41);6-9,11H,4-5H2,1-3H3;2*3H2,1-2H3/t26?,29?,30-,31+,32-,33?,35+;;;/m1.../s1. The van der Waals surface area contributed by atoms with E-state index < -0.39 is 43.0 Å². The third-order valence-corrected chi connectivity index (χ3v) is 13.1. The molecular formula is C53H87N3O8S. The van der Waals surface area contributed by atoms with Gasteiger partial charge in [-0.15, -0.1) is 11.8 Å². The molecule has 1 heterocycles. The summed E-state index contributed by atoms with van der Waals surface area (Å²) in [5, 5.41) is 65.4. The maximum atomic E-state index is 12.9. The van der Waals surface area contributed by atoms with E-state index in [1.807, 2.05) is 50.1 Å². The number of hydrogen-bond donors (Lipinski definition) is 8. The first-order valence-corrected chi connectivity index (χ1v) is 25.2. The Balaban J connectivity index is 0.000000979. The lowest BCUT2D eigenvalue weighted by molar-refractivity contribution is -0.148. The van der Waals surface area contributed by atoms with Crippen LogP contribution in [-0.4, -0.2) is 106 Å². The number of thioether (sulfide) groups is 1. The Hall–Kier alpha value is -3.49. The third kappa shape index (κ3) is 19.3. The van der Waals surface area contributed by atoms with Gasteiger partial charge in [0.1, 0.15) is 18.3 Å². The average Bonchev–Trinajstić information content (AvgIpc) is 3.41. The Morgan fingerprint density at radius 3 is 2.05 bits per heavy atom. The van der Waals surface area contributed by atoms with Crippen molar-refractivity contribution in [3.8, 4) is 0 Å². The number of anilines is 2. The topological polar surface area (TPSA) is 183 Å². The first-order valence-electron chi connectivity index (χ1n) is 24.2. The summed E-state index contributed by atoms with van der Waals surface area (Å²) < 4.78 is 0. The van der Waals surface area contributed by atoms with Gasteiger partial charge in [-0.05, 0) is 98.4 Å². The Kier molecular flexibility index (Phi) is 29.5. The lowest BCUT2D eigenvalue weighted by Crippen LogP contribution is -2.51. The molecule has 0 aromatic heterocycles. The number of rotatable bonds is 20. The molecule has 11 nitrogen and oxygen atoms in total. The summed E-state index contributed by atoms with van der Waals surface area (Å²) in [4.78, 5) is 28.2. The number of carbonyl (C=O) groups is 2. The van der Waals surface area contributed by atoms with E-state index >= 15 is 0 Å². The zero-order valence-electron chi connectivity index (χ0n) is 41.6. The van der Waals surface area contributed by atoms with E-state index in [4.69, 9.17) is 5.11 Å². The smallest absolute Gasteiger partial charge is 0.251 e. The number of nitrogens with one attached hydrogen (secondary N) is 2. The van der Waals surface area contributed by atoms with Gasteiger partial charge in [0.05, 0.1) is 12.7 Å². The van der Waals surface area contributed by atoms with Crippen molar-refractivity contribution in [3.63, 3.8) is 0 Å². The zero-order chi connectivity index (χ0) is 49.1. The first kappa shape index (κ1) is 59.5. The van der Waals surface area contributed by atoms with Gasteiger partial charge in [0.2, 0.25) is 5.91 Å². The molecule has 0 radical (unpaired) electrons. The van der Waals surface area contributed by atoms with Crippen LogP contribution in [0, 0.1) is 12.3 Å². The number of hydrogen-bond acceptors (Lipinski definition) is 10. The molecule has 3 aromatic carbocycles. The lowest BCUT2D eigenvalue weighted by Gasteiger charge is -2.40. The molecule has 2 amide bonds. The second-order valence-corrected chi connectivity index (χ2v) is 18.6. The monoisotopic (exact) mass is 926 g/mol. The van der Waals surface area contributed by atoms with E-state index in [-0.39, 0.29) is 30.2 Å². The van der Waals surface area contributed by atoms with Gasteiger partial charge < -0.3 is 46.2 Å². The molecule has 65 heavy (non-hydrogen) atoms. The third-order valence-electron chi connectivity index (χ3n) is 11.7. The summed E-state index contributed by atoms with van der Waals surface area (Å²) in [6.45, 7) is 18.8. The van der Waals surface area contributed by atoms with Crippen molar-refractivity contribution in [1.82, 2.24) is 5.32 Å². The van der Waals surface area contributed by atoms with Gasteiger partial charge in [-0.3, -0.25) is 9.59 Å². The molecule has 7 atom stereocenters. The summed E-state index contributed by atoms with van der Waals surface area (Å²) in [5.41, 5.74) is 6.33. The van der Waals surface area contributed by atoms with E-state index in [1.54, 1.807) is 0 Å². The van der Waals surface area contributed by atoms with Crippen LogP contribution in [-0.2, 0) is 9.59 Å². The number of aliphatic hydroxyl groups is 6. The van der Waals surface area contributed by atoms with Crippen LogP contribution in [0.25, 0.3) is 0 Å². The number of amides is 2. The molecule has 4 rings (SSSR count). The van der Waals surface area contributed by atoms with Crippen molar-refractivity contribution < 1.29 is 40.2 Å². The molecule has 12 heteroatoms. The summed E-state index contributed by atoms with van der Waals surface area (Å²) in [6, 6.07) is 23.0. The summed E-state index contributed by atoms with van der Waals surface area (Å²) in [6.07, 6.45) is 1.73. The normalized spacial score (nSPS) is 18.4. The Bertz CT molecular complexity index is 1770. The molecule has 3 unspecified atom stereocenters. The number of benzene rings is 3. The first-order chi connectivity index (χ1) is 31.0. The van der Waals surface area contributed by atoms with Crippen LogP contribution >= 0.6 is 11.8 Å². The molecule has 3 aromatic rings. The van der Waals surface area contributed by atoms with E-state index in [9.17, 15) is 35.1 Å². The molecule has 0 aliphatic carbocycles. The fraction of sp³-hybridized carbons (Fsp3) is 0.623. The minimum atomic E-state index is -2.00. The fourth-order valence-electron chi connectivity index (χ4n) is 7.74. The van der Waals surface area contributed by atoms with Gasteiger partial charge in [0, 0.05) is 60.4 Å². The van der Waals surface area contributed by atoms with E-state index in [1.165, 1.54) is 36.8 Å². The fourth-order valence-corrected chi connectivity index (χ4v) is 9.22. The van der Waals surface area contributed by atoms with Crippen molar-refractivity contribution in [2.75, 3.05) is 43.2 Å². The molecule has 8 N–H and O–H groups in total. The molecule has 1 aliphatic heterocycles. The predicted molar refractivity (Wildman–Crippen MR) is 271 cm³/mol. The molecule has 1 aliphatic rings. The quantitative estimate of drug-likeness (QED) is 0.0509. The van der Waals surface area contributed by atoms with Crippen molar-refractivity contribution in [1.29, 1.82) is 0 Å². The van der Waals surface area contributed by atoms with E-state index in [0.29, 0.717) is 18.5 Å². The average molecular weight is 926 g/mol. The van der Waals surface area contributed by atoms with Gasteiger partial charge in [-0.2, -0.15) is 0 Å². The maximum absolute atomic E-state index is 12.9. The highest BCUT2D eigenvalue weighted by Gasteiger charge is 2.44. The Morgan fingerprint density at radius 2 is 1.48 bits per heavy atom. The highest BCUT2D eigenvalue weighted by atomic mass is 32.2. The Labute approximate surface area is 396 Å². The van der Waals surface area contributed by atoms with Gasteiger partial charge in [0.15, 0.2) is 6.10 Å². The SMILES string of the molecule is CCC.CCC.CCC(CC)c1cccc(C)c1.CCCC[C@@]1(CC)CSc2ccc(N(C)C)cc2C(c2cccc(NC(=O)CCCCNC(=O)[C@H](O)[C@@H](O)[C@H](O)C(O)CO)c2)C1O. The molecule has 0 bridgehead atoms. The maximum Gasteiger partial charge on any atom is 0.251 e. The van der Waals surface area contributed by atoms with Crippen molar-refractivity contribution in [2.45, 2.75) is 180 Å². The molecular weight excluding hydrogens is 839 g/mol. The minimum absolute atomic E-state index is 0.118. The van der Waals surface area contributed by atoms with Crippen LogP contribution in [0.3, 0.4) is 0 Å². The highest BCUT2D eigenvalue weighted by molar-refractivity contribution is 7.99.